The van der Waals surface area contributed by atoms with E-state index in [1.165, 1.54) is 12.1 Å². The third-order valence-corrected chi connectivity index (χ3v) is 1.73. The molecular formula is C9H6ClF3O2. The predicted molar refractivity (Wildman–Crippen MR) is 47.3 cm³/mol. The van der Waals surface area contributed by atoms with Gasteiger partial charge in [-0.15, -0.1) is 0 Å². The maximum Gasteiger partial charge on any atom is 0.490 e. The molecule has 2 nitrogen and oxygen atoms in total. The van der Waals surface area contributed by atoms with E-state index in [0.29, 0.717) is 10.6 Å². The highest BCUT2D eigenvalue weighted by Gasteiger charge is 2.40. The molecule has 1 aromatic carbocycles. The van der Waals surface area contributed by atoms with E-state index in [4.69, 9.17) is 11.6 Å². The molecule has 15 heavy (non-hydrogen) atoms. The van der Waals surface area contributed by atoms with Gasteiger partial charge in [-0.05, 0) is 17.7 Å². The summed E-state index contributed by atoms with van der Waals surface area (Å²) >= 11 is 5.59. The van der Waals surface area contributed by atoms with Crippen LogP contribution in [0.15, 0.2) is 24.3 Å². The van der Waals surface area contributed by atoms with Crippen LogP contribution >= 0.6 is 11.6 Å². The third-order valence-electron chi connectivity index (χ3n) is 1.49. The molecule has 1 aromatic rings. The lowest BCUT2D eigenvalue weighted by Crippen LogP contribution is -2.25. The van der Waals surface area contributed by atoms with Crippen molar-refractivity contribution in [3.8, 4) is 0 Å². The Morgan fingerprint density at radius 1 is 1.40 bits per heavy atom. The first kappa shape index (κ1) is 11.8. The Hall–Kier alpha value is -1.23. The van der Waals surface area contributed by atoms with E-state index in [1.807, 2.05) is 0 Å². The van der Waals surface area contributed by atoms with Gasteiger partial charge in [0.15, 0.2) is 0 Å². The van der Waals surface area contributed by atoms with E-state index in [1.54, 1.807) is 12.1 Å². The monoisotopic (exact) mass is 238 g/mol. The minimum Gasteiger partial charge on any atom is -0.454 e. The zero-order chi connectivity index (χ0) is 11.5. The summed E-state index contributed by atoms with van der Waals surface area (Å²) in [4.78, 5) is 10.3. The van der Waals surface area contributed by atoms with Crippen LogP contribution in [0.3, 0.4) is 0 Å². The first-order chi connectivity index (χ1) is 6.89. The average Bonchev–Trinajstić information content (AvgIpc) is 2.12. The van der Waals surface area contributed by atoms with Gasteiger partial charge in [-0.2, -0.15) is 13.2 Å². The summed E-state index contributed by atoms with van der Waals surface area (Å²) in [6, 6.07) is 6.05. The first-order valence-electron chi connectivity index (χ1n) is 3.88. The van der Waals surface area contributed by atoms with Gasteiger partial charge in [-0.3, -0.25) is 0 Å². The van der Waals surface area contributed by atoms with Crippen molar-refractivity contribution in [2.24, 2.45) is 0 Å². The standard InChI is InChI=1S/C9H6ClF3O2/c10-7-3-1-2-6(4-7)5-15-8(14)9(11,12)13/h1-4H,5H2. The number of esters is 1. The van der Waals surface area contributed by atoms with E-state index in [-0.39, 0.29) is 0 Å². The molecule has 82 valence electrons. The largest absolute Gasteiger partial charge is 0.490 e. The van der Waals surface area contributed by atoms with Crippen molar-refractivity contribution in [3.63, 3.8) is 0 Å². The molecule has 0 radical (unpaired) electrons. The van der Waals surface area contributed by atoms with Crippen LogP contribution in [-0.2, 0) is 16.1 Å². The highest BCUT2D eigenvalue weighted by molar-refractivity contribution is 6.30. The first-order valence-corrected chi connectivity index (χ1v) is 4.26. The second-order valence-corrected chi connectivity index (χ2v) is 3.14. The summed E-state index contributed by atoms with van der Waals surface area (Å²) in [7, 11) is 0. The average molecular weight is 239 g/mol. The summed E-state index contributed by atoms with van der Waals surface area (Å²) in [6.45, 7) is -0.446. The molecule has 0 aliphatic heterocycles. The smallest absolute Gasteiger partial charge is 0.454 e. The number of halogens is 4. The van der Waals surface area contributed by atoms with Crippen LogP contribution < -0.4 is 0 Å². The molecule has 0 saturated carbocycles. The van der Waals surface area contributed by atoms with Gasteiger partial charge in [-0.1, -0.05) is 23.7 Å². The summed E-state index contributed by atoms with van der Waals surface area (Å²) in [5.41, 5.74) is 0.403. The number of hydrogen-bond acceptors (Lipinski definition) is 2. The van der Waals surface area contributed by atoms with Gasteiger partial charge in [0.25, 0.3) is 0 Å². The minimum atomic E-state index is -4.96. The molecule has 0 aromatic heterocycles. The molecule has 1 rings (SSSR count). The molecule has 0 saturated heterocycles. The fraction of sp³-hybridized carbons (Fsp3) is 0.222. The molecule has 0 amide bonds. The van der Waals surface area contributed by atoms with Gasteiger partial charge in [0.2, 0.25) is 0 Å². The molecule has 0 atom stereocenters. The van der Waals surface area contributed by atoms with E-state index < -0.39 is 18.8 Å². The zero-order valence-corrected chi connectivity index (χ0v) is 8.10. The summed E-state index contributed by atoms with van der Waals surface area (Å²) in [6.07, 6.45) is -4.96. The topological polar surface area (TPSA) is 26.3 Å². The van der Waals surface area contributed by atoms with Crippen LogP contribution in [0.4, 0.5) is 13.2 Å². The normalized spacial score (nSPS) is 11.2. The number of alkyl halides is 3. The van der Waals surface area contributed by atoms with Crippen molar-refractivity contribution in [2.75, 3.05) is 0 Å². The maximum atomic E-state index is 11.7. The highest BCUT2D eigenvalue weighted by atomic mass is 35.5. The zero-order valence-electron chi connectivity index (χ0n) is 7.34. The Morgan fingerprint density at radius 3 is 2.60 bits per heavy atom. The van der Waals surface area contributed by atoms with Crippen molar-refractivity contribution in [3.05, 3.63) is 34.9 Å². The molecule has 6 heteroatoms. The maximum absolute atomic E-state index is 11.7. The van der Waals surface area contributed by atoms with Crippen LogP contribution in [0.1, 0.15) is 5.56 Å². The van der Waals surface area contributed by atoms with Crippen LogP contribution in [0.2, 0.25) is 5.02 Å². The van der Waals surface area contributed by atoms with E-state index in [0.717, 1.165) is 0 Å². The lowest BCUT2D eigenvalue weighted by molar-refractivity contribution is -0.201. The van der Waals surface area contributed by atoms with Gasteiger partial charge >= 0.3 is 12.1 Å². The van der Waals surface area contributed by atoms with Gasteiger partial charge in [0.1, 0.15) is 6.61 Å². The third kappa shape index (κ3) is 3.79. The summed E-state index contributed by atoms with van der Waals surface area (Å²) < 4.78 is 39.2. The Morgan fingerprint density at radius 2 is 2.07 bits per heavy atom. The molecule has 0 heterocycles. The van der Waals surface area contributed by atoms with Crippen molar-refractivity contribution in [2.45, 2.75) is 12.8 Å². The Kier molecular flexibility index (Phi) is 3.57. The quantitative estimate of drug-likeness (QED) is 0.741. The van der Waals surface area contributed by atoms with E-state index in [2.05, 4.69) is 4.74 Å². The fourth-order valence-corrected chi connectivity index (χ4v) is 1.07. The number of hydrogen-bond donors (Lipinski definition) is 0. The predicted octanol–water partition coefficient (Wildman–Crippen LogP) is 2.95. The van der Waals surface area contributed by atoms with E-state index >= 15 is 0 Å². The van der Waals surface area contributed by atoms with Crippen molar-refractivity contribution in [1.29, 1.82) is 0 Å². The molecule has 0 aliphatic carbocycles. The lowest BCUT2D eigenvalue weighted by Gasteiger charge is -2.07. The highest BCUT2D eigenvalue weighted by Crippen LogP contribution is 2.18. The van der Waals surface area contributed by atoms with Gasteiger partial charge in [0.05, 0.1) is 0 Å². The summed E-state index contributed by atoms with van der Waals surface area (Å²) in [5, 5.41) is 0.371. The number of carbonyl (C=O) groups excluding carboxylic acids is 1. The van der Waals surface area contributed by atoms with Crippen LogP contribution in [0.5, 0.6) is 0 Å². The number of carbonyl (C=O) groups is 1. The van der Waals surface area contributed by atoms with Gasteiger partial charge in [-0.25, -0.2) is 4.79 Å². The minimum absolute atomic E-state index is 0.371. The van der Waals surface area contributed by atoms with Crippen molar-refractivity contribution < 1.29 is 22.7 Å². The van der Waals surface area contributed by atoms with Gasteiger partial charge in [0, 0.05) is 5.02 Å². The Labute approximate surface area is 88.6 Å². The molecule has 0 bridgehead atoms. The molecule has 0 fully saturated rings. The number of ether oxygens (including phenoxy) is 1. The Balaban J connectivity index is 2.55. The molecule has 0 N–H and O–H groups in total. The SMILES string of the molecule is O=C(OCc1cccc(Cl)c1)C(F)(F)F. The van der Waals surface area contributed by atoms with E-state index in [9.17, 15) is 18.0 Å². The lowest BCUT2D eigenvalue weighted by atomic mass is 10.2. The van der Waals surface area contributed by atoms with Crippen LogP contribution in [0, 0.1) is 0 Å². The summed E-state index contributed by atoms with van der Waals surface area (Å²) in [5.74, 6) is -2.21. The Bertz CT molecular complexity index is 363. The molecule has 0 spiro atoms. The van der Waals surface area contributed by atoms with Crippen LogP contribution in [0.25, 0.3) is 0 Å². The van der Waals surface area contributed by atoms with Crippen molar-refractivity contribution >= 4 is 17.6 Å². The van der Waals surface area contributed by atoms with Gasteiger partial charge < -0.3 is 4.74 Å². The molecule has 0 unspecified atom stereocenters. The molecular weight excluding hydrogens is 233 g/mol. The molecule has 0 aliphatic rings. The number of benzene rings is 1. The second kappa shape index (κ2) is 4.53. The van der Waals surface area contributed by atoms with Crippen LogP contribution in [-0.4, -0.2) is 12.1 Å². The van der Waals surface area contributed by atoms with Crippen molar-refractivity contribution in [1.82, 2.24) is 0 Å². The second-order valence-electron chi connectivity index (χ2n) is 2.70. The fourth-order valence-electron chi connectivity index (χ4n) is 0.857. The number of rotatable bonds is 2.